The Hall–Kier alpha value is -3.18. The standard InChI is InChI=1S/C27H34N6O4S/c1-2-28-26(37)29-22-21(19-7-3-4-8-20(19)38-22)23(34)30-15-9-18(10-16-30)31-12-5-11-27(17-31)24(35)32-13-6-14-33(32)25(27)36/h3-4,7-8,18H,2,5-6,9-17H2,1H3,(H2,28,29,37). The highest BCUT2D eigenvalue weighted by atomic mass is 32.1. The maximum Gasteiger partial charge on any atom is 0.319 e. The van der Waals surface area contributed by atoms with Crippen LogP contribution in [0.1, 0.15) is 49.4 Å². The van der Waals surface area contributed by atoms with Crippen molar-refractivity contribution >= 4 is 50.2 Å². The van der Waals surface area contributed by atoms with Gasteiger partial charge in [-0.05, 0) is 51.6 Å². The van der Waals surface area contributed by atoms with Crippen LogP contribution in [0.15, 0.2) is 24.3 Å². The highest BCUT2D eigenvalue weighted by Gasteiger charge is 2.61. The van der Waals surface area contributed by atoms with Crippen LogP contribution in [0.4, 0.5) is 9.80 Å². The first-order valence-corrected chi connectivity index (χ1v) is 14.5. The van der Waals surface area contributed by atoms with Crippen LogP contribution < -0.4 is 10.6 Å². The molecule has 1 aromatic heterocycles. The molecule has 0 aliphatic carbocycles. The van der Waals surface area contributed by atoms with Gasteiger partial charge in [0.05, 0.1) is 5.56 Å². The van der Waals surface area contributed by atoms with E-state index in [1.807, 2.05) is 36.1 Å². The number of hydrogen-bond donors (Lipinski definition) is 2. The molecule has 0 bridgehead atoms. The monoisotopic (exact) mass is 538 g/mol. The van der Waals surface area contributed by atoms with Crippen molar-refractivity contribution in [2.45, 2.75) is 45.1 Å². The second-order valence-electron chi connectivity index (χ2n) is 10.7. The third-order valence-corrected chi connectivity index (χ3v) is 9.57. The van der Waals surface area contributed by atoms with Crippen LogP contribution >= 0.6 is 11.3 Å². The van der Waals surface area contributed by atoms with Gasteiger partial charge in [0, 0.05) is 55.4 Å². The molecule has 1 aromatic carbocycles. The van der Waals surface area contributed by atoms with E-state index in [-0.39, 0.29) is 29.8 Å². The van der Waals surface area contributed by atoms with Gasteiger partial charge in [-0.3, -0.25) is 34.6 Å². The quantitative estimate of drug-likeness (QED) is 0.583. The molecule has 5 heterocycles. The molecule has 0 atom stereocenters. The Balaban J connectivity index is 1.15. The van der Waals surface area contributed by atoms with Crippen LogP contribution in [0.5, 0.6) is 0 Å². The number of anilines is 1. The number of nitrogens with zero attached hydrogens (tertiary/aromatic N) is 4. The topological polar surface area (TPSA) is 105 Å². The lowest BCUT2D eigenvalue weighted by atomic mass is 9.78. The van der Waals surface area contributed by atoms with Crippen molar-refractivity contribution in [3.63, 3.8) is 0 Å². The predicted molar refractivity (Wildman–Crippen MR) is 145 cm³/mol. The zero-order valence-corrected chi connectivity index (χ0v) is 22.5. The summed E-state index contributed by atoms with van der Waals surface area (Å²) in [6.45, 7) is 6.17. The zero-order valence-electron chi connectivity index (χ0n) is 21.7. The summed E-state index contributed by atoms with van der Waals surface area (Å²) in [7, 11) is 0. The second kappa shape index (κ2) is 9.85. The minimum absolute atomic E-state index is 0.0196. The third-order valence-electron chi connectivity index (χ3n) is 8.48. The first kappa shape index (κ1) is 25.1. The van der Waals surface area contributed by atoms with Gasteiger partial charge in [-0.2, -0.15) is 0 Å². The van der Waals surface area contributed by atoms with Crippen molar-refractivity contribution in [1.29, 1.82) is 0 Å². The summed E-state index contributed by atoms with van der Waals surface area (Å²) in [6.07, 6.45) is 3.88. The minimum atomic E-state index is -0.930. The average molecular weight is 539 g/mol. The maximum absolute atomic E-state index is 13.8. The van der Waals surface area contributed by atoms with E-state index in [0.717, 1.165) is 42.3 Å². The van der Waals surface area contributed by atoms with E-state index in [2.05, 4.69) is 15.5 Å². The molecule has 6 rings (SSSR count). The van der Waals surface area contributed by atoms with E-state index in [1.54, 1.807) is 10.0 Å². The van der Waals surface area contributed by atoms with Gasteiger partial charge in [0.1, 0.15) is 10.4 Å². The van der Waals surface area contributed by atoms with Crippen molar-refractivity contribution in [2.24, 2.45) is 5.41 Å². The Labute approximate surface area is 225 Å². The number of nitrogens with one attached hydrogen (secondary N) is 2. The minimum Gasteiger partial charge on any atom is -0.338 e. The first-order chi connectivity index (χ1) is 18.4. The summed E-state index contributed by atoms with van der Waals surface area (Å²) < 4.78 is 0.957. The van der Waals surface area contributed by atoms with Crippen LogP contribution in [0.3, 0.4) is 0 Å². The van der Waals surface area contributed by atoms with Crippen molar-refractivity contribution in [3.05, 3.63) is 29.8 Å². The number of rotatable bonds is 4. The largest absolute Gasteiger partial charge is 0.338 e. The van der Waals surface area contributed by atoms with Crippen molar-refractivity contribution in [2.75, 3.05) is 51.1 Å². The fraction of sp³-hybridized carbons (Fsp3) is 0.556. The Bertz CT molecular complexity index is 1260. The lowest BCUT2D eigenvalue weighted by Crippen LogP contribution is -2.56. The molecule has 4 saturated heterocycles. The molecule has 4 aliphatic rings. The molecule has 38 heavy (non-hydrogen) atoms. The summed E-state index contributed by atoms with van der Waals surface area (Å²) in [4.78, 5) is 56.8. The van der Waals surface area contributed by atoms with Crippen LogP contribution in [0, 0.1) is 5.41 Å². The fourth-order valence-electron chi connectivity index (χ4n) is 6.62. The first-order valence-electron chi connectivity index (χ1n) is 13.7. The third kappa shape index (κ3) is 4.03. The highest BCUT2D eigenvalue weighted by molar-refractivity contribution is 7.23. The molecule has 10 nitrogen and oxygen atoms in total. The van der Waals surface area contributed by atoms with E-state index in [1.165, 1.54) is 11.3 Å². The maximum atomic E-state index is 13.8. The van der Waals surface area contributed by atoms with Crippen LogP contribution in [-0.4, -0.2) is 95.4 Å². The van der Waals surface area contributed by atoms with E-state index >= 15 is 0 Å². The zero-order chi connectivity index (χ0) is 26.4. The molecule has 11 heteroatoms. The number of hydrogen-bond acceptors (Lipinski definition) is 6. The van der Waals surface area contributed by atoms with E-state index in [4.69, 9.17) is 0 Å². The molecule has 0 radical (unpaired) electrons. The lowest BCUT2D eigenvalue weighted by molar-refractivity contribution is -0.144. The van der Waals surface area contributed by atoms with Crippen LogP contribution in [0.25, 0.3) is 10.1 Å². The molecule has 1 spiro atoms. The number of amides is 5. The number of thiophene rings is 1. The number of piperidine rings is 2. The second-order valence-corrected chi connectivity index (χ2v) is 11.7. The summed E-state index contributed by atoms with van der Waals surface area (Å²) in [6, 6.07) is 7.64. The molecule has 4 aliphatic heterocycles. The molecule has 0 saturated carbocycles. The lowest BCUT2D eigenvalue weighted by Gasteiger charge is -2.44. The van der Waals surface area contributed by atoms with Crippen LogP contribution in [0.2, 0.25) is 0 Å². The van der Waals surface area contributed by atoms with Gasteiger partial charge in [0.25, 0.3) is 17.7 Å². The van der Waals surface area contributed by atoms with Gasteiger partial charge in [0.2, 0.25) is 0 Å². The van der Waals surface area contributed by atoms with Gasteiger partial charge in [-0.15, -0.1) is 11.3 Å². The van der Waals surface area contributed by atoms with Gasteiger partial charge in [-0.1, -0.05) is 18.2 Å². The SMILES string of the molecule is CCNC(=O)Nc1sc2ccccc2c1C(=O)N1CCC(N2CCCC3(C2)C(=O)N2CCCN2C3=O)CC1. The number of fused-ring (bicyclic) bond motifs is 2. The number of urea groups is 1. The normalized spacial score (nSPS) is 22.0. The van der Waals surface area contributed by atoms with Crippen LogP contribution in [-0.2, 0) is 9.59 Å². The molecule has 4 fully saturated rings. The Morgan fingerprint density at radius 3 is 2.42 bits per heavy atom. The molecular weight excluding hydrogens is 504 g/mol. The molecule has 202 valence electrons. The number of likely N-dealkylation sites (tertiary alicyclic amines) is 2. The summed E-state index contributed by atoms with van der Waals surface area (Å²) in [5, 5.41) is 10.4. The van der Waals surface area contributed by atoms with Crippen molar-refractivity contribution in [3.8, 4) is 0 Å². The summed E-state index contributed by atoms with van der Waals surface area (Å²) >= 11 is 1.41. The van der Waals surface area contributed by atoms with E-state index in [0.29, 0.717) is 56.3 Å². The number of benzene rings is 1. The summed E-state index contributed by atoms with van der Waals surface area (Å²) in [5.74, 6) is -0.111. The highest BCUT2D eigenvalue weighted by Crippen LogP contribution is 2.43. The van der Waals surface area contributed by atoms with E-state index < -0.39 is 5.41 Å². The van der Waals surface area contributed by atoms with Gasteiger partial charge in [0.15, 0.2) is 0 Å². The van der Waals surface area contributed by atoms with Gasteiger partial charge in [-0.25, -0.2) is 4.79 Å². The average Bonchev–Trinajstić information content (AvgIpc) is 3.60. The number of carbonyl (C=O) groups excluding carboxylic acids is 4. The van der Waals surface area contributed by atoms with Gasteiger partial charge >= 0.3 is 6.03 Å². The Morgan fingerprint density at radius 1 is 1.00 bits per heavy atom. The van der Waals surface area contributed by atoms with Gasteiger partial charge < -0.3 is 10.2 Å². The Kier molecular flexibility index (Phi) is 6.51. The van der Waals surface area contributed by atoms with Crippen molar-refractivity contribution in [1.82, 2.24) is 25.1 Å². The summed E-state index contributed by atoms with van der Waals surface area (Å²) in [5.41, 5.74) is -0.384. The fourth-order valence-corrected chi connectivity index (χ4v) is 7.70. The molecular formula is C27H34N6O4S. The Morgan fingerprint density at radius 2 is 1.71 bits per heavy atom. The molecule has 0 unspecified atom stereocenters. The van der Waals surface area contributed by atoms with E-state index in [9.17, 15) is 19.2 Å². The number of hydrazine groups is 1. The predicted octanol–water partition coefficient (Wildman–Crippen LogP) is 2.72. The molecule has 2 N–H and O–H groups in total. The van der Waals surface area contributed by atoms with Crippen molar-refractivity contribution < 1.29 is 19.2 Å². The molecule has 5 amide bonds. The smallest absolute Gasteiger partial charge is 0.319 e. The number of carbonyl (C=O) groups is 4. The molecule has 2 aromatic rings.